The van der Waals surface area contributed by atoms with E-state index in [1.165, 1.54) is 31.4 Å². The fourth-order valence-electron chi connectivity index (χ4n) is 4.22. The maximum atomic E-state index is 13.0. The van der Waals surface area contributed by atoms with Gasteiger partial charge in [-0.3, -0.25) is 13.8 Å². The smallest absolute Gasteiger partial charge is 0.316 e. The molecule has 13 heteroatoms. The quantitative estimate of drug-likeness (QED) is 0.205. The Kier molecular flexibility index (Phi) is 7.94. The Morgan fingerprint density at radius 1 is 1.16 bits per heavy atom. The summed E-state index contributed by atoms with van der Waals surface area (Å²) in [4.78, 5) is 23.7. The van der Waals surface area contributed by atoms with E-state index in [0.717, 1.165) is 0 Å². The number of nitrogens with one attached hydrogen (secondary N) is 1. The average Bonchev–Trinajstić information content (AvgIpc) is 3.31. The van der Waals surface area contributed by atoms with E-state index in [1.807, 2.05) is 0 Å². The third-order valence-electron chi connectivity index (χ3n) is 6.46. The van der Waals surface area contributed by atoms with Gasteiger partial charge in [-0.05, 0) is 65.8 Å². The molecule has 0 saturated carbocycles. The maximum Gasteiger partial charge on any atom is 0.316 e. The summed E-state index contributed by atoms with van der Waals surface area (Å²) in [5.74, 6) is -1.75. The van der Waals surface area contributed by atoms with E-state index in [1.54, 1.807) is 41.5 Å². The number of amides is 1. The van der Waals surface area contributed by atoms with Gasteiger partial charge >= 0.3 is 5.97 Å². The summed E-state index contributed by atoms with van der Waals surface area (Å²) in [5, 5.41) is 2.64. The number of hydrogen-bond acceptors (Lipinski definition) is 11. The molecule has 3 aliphatic rings. The highest BCUT2D eigenvalue weighted by atomic mass is 32.2. The fraction of sp³-hybridized carbons (Fsp3) is 0.680. The highest BCUT2D eigenvalue weighted by Crippen LogP contribution is 2.40. The molecule has 3 heterocycles. The van der Waals surface area contributed by atoms with Gasteiger partial charge in [0.15, 0.2) is 12.1 Å². The summed E-state index contributed by atoms with van der Waals surface area (Å²) < 4.78 is 66.0. The molecule has 1 amide bonds. The zero-order chi connectivity index (χ0) is 28.0. The van der Waals surface area contributed by atoms with E-state index < -0.39 is 76.7 Å². The Morgan fingerprint density at radius 2 is 1.82 bits per heavy atom. The zero-order valence-electron chi connectivity index (χ0n) is 22.5. The third kappa shape index (κ3) is 6.03. The first-order valence-corrected chi connectivity index (χ1v) is 13.7. The second kappa shape index (κ2) is 10.5. The number of fused-ring (bicyclic) bond motifs is 1. The lowest BCUT2D eigenvalue weighted by Gasteiger charge is -2.39. The van der Waals surface area contributed by atoms with Crippen molar-refractivity contribution in [2.24, 2.45) is 11.3 Å². The van der Waals surface area contributed by atoms with Crippen molar-refractivity contribution in [2.75, 3.05) is 13.7 Å². The number of hydrogen-bond donors (Lipinski definition) is 1. The van der Waals surface area contributed by atoms with Gasteiger partial charge in [0.05, 0.1) is 22.8 Å². The molecule has 0 unspecified atom stereocenters. The number of benzene rings is 1. The number of methoxy groups -OCH3 is 1. The lowest BCUT2D eigenvalue weighted by Crippen LogP contribution is -2.61. The number of ether oxygens (including phenoxy) is 6. The van der Waals surface area contributed by atoms with Crippen LogP contribution in [0.5, 0.6) is 5.75 Å². The van der Waals surface area contributed by atoms with Gasteiger partial charge in [0.25, 0.3) is 10.1 Å². The van der Waals surface area contributed by atoms with Gasteiger partial charge in [-0.25, -0.2) is 0 Å². The van der Waals surface area contributed by atoms with Crippen LogP contribution in [-0.4, -0.2) is 76.7 Å². The van der Waals surface area contributed by atoms with Crippen LogP contribution in [0.1, 0.15) is 41.5 Å². The number of carbonyl (C=O) groups is 2. The maximum absolute atomic E-state index is 13.0. The molecule has 0 aliphatic carbocycles. The van der Waals surface area contributed by atoms with Crippen molar-refractivity contribution in [3.8, 4) is 5.75 Å². The Balaban J connectivity index is 1.47. The normalized spacial score (nSPS) is 31.3. The van der Waals surface area contributed by atoms with Gasteiger partial charge in [-0.15, -0.1) is 0 Å². The monoisotopic (exact) mass is 557 g/mol. The van der Waals surface area contributed by atoms with Crippen molar-refractivity contribution in [2.45, 2.75) is 89.2 Å². The first-order chi connectivity index (χ1) is 17.6. The van der Waals surface area contributed by atoms with E-state index in [0.29, 0.717) is 0 Å². The van der Waals surface area contributed by atoms with Crippen molar-refractivity contribution in [1.82, 2.24) is 5.32 Å². The highest BCUT2D eigenvalue weighted by molar-refractivity contribution is 7.86. The van der Waals surface area contributed by atoms with Gasteiger partial charge < -0.3 is 33.7 Å². The molecule has 3 fully saturated rings. The van der Waals surface area contributed by atoms with E-state index in [2.05, 4.69) is 5.32 Å². The summed E-state index contributed by atoms with van der Waals surface area (Å²) >= 11 is 0. The number of esters is 1. The van der Waals surface area contributed by atoms with Crippen LogP contribution in [0.25, 0.3) is 0 Å². The molecular formula is C25H35NO11S. The summed E-state index contributed by atoms with van der Waals surface area (Å²) in [6, 6.07) is 5.31. The predicted octanol–water partition coefficient (Wildman–Crippen LogP) is 1.71. The third-order valence-corrected chi connectivity index (χ3v) is 7.76. The summed E-state index contributed by atoms with van der Waals surface area (Å²) in [7, 11) is -2.75. The second-order valence-electron chi connectivity index (χ2n) is 11.0. The lowest BCUT2D eigenvalue weighted by molar-refractivity contribution is -0.241. The van der Waals surface area contributed by atoms with E-state index >= 15 is 0 Å². The van der Waals surface area contributed by atoms with Crippen LogP contribution < -0.4 is 10.1 Å². The minimum absolute atomic E-state index is 0.141. The Morgan fingerprint density at radius 3 is 2.37 bits per heavy atom. The fourth-order valence-corrected chi connectivity index (χ4v) is 5.14. The lowest BCUT2D eigenvalue weighted by atomic mass is 9.97. The molecule has 0 radical (unpaired) electrons. The SMILES string of the molecule is CO[C@@H]1[C@H]2OC(C)(C)O[C@H]2O[C@@H]1[C@@H](COS(=O)(=O)c1ccc(OC(=O)C(C)(C)C)cc1)O[C@@H]1NC(=O)[C@@H]1C. The molecule has 1 aromatic carbocycles. The summed E-state index contributed by atoms with van der Waals surface area (Å²) in [5.41, 5.74) is -0.715. The van der Waals surface area contributed by atoms with Crippen molar-refractivity contribution >= 4 is 22.0 Å². The van der Waals surface area contributed by atoms with Crippen LogP contribution in [0, 0.1) is 11.3 Å². The molecule has 212 valence electrons. The van der Waals surface area contributed by atoms with Crippen molar-refractivity contribution in [3.63, 3.8) is 0 Å². The van der Waals surface area contributed by atoms with Crippen molar-refractivity contribution < 1.29 is 50.6 Å². The molecule has 3 aliphatic heterocycles. The molecule has 12 nitrogen and oxygen atoms in total. The Bertz CT molecular complexity index is 1140. The standard InChI is InChI=1S/C25H35NO11S/c1-13-20(27)26-21(13)34-16(17-18(31-7)19-22(35-17)37-25(5,6)36-19)12-32-38(29,30)15-10-8-14(9-11-15)33-23(28)24(2,3)4/h8-11,13,16-19,21-22H,12H2,1-7H3,(H,26,27)/t13-,16+,17+,18-,19+,21-,22+/m0/s1. The molecule has 0 bridgehead atoms. The number of β-lactam (4-membered cyclic amide) rings is 1. The van der Waals surface area contributed by atoms with Crippen LogP contribution in [0.2, 0.25) is 0 Å². The molecule has 4 rings (SSSR count). The first-order valence-electron chi connectivity index (χ1n) is 12.3. The van der Waals surface area contributed by atoms with E-state index in [-0.39, 0.29) is 16.6 Å². The molecule has 0 spiro atoms. The number of rotatable bonds is 9. The topological polar surface area (TPSA) is 145 Å². The molecule has 1 aromatic rings. The van der Waals surface area contributed by atoms with Gasteiger partial charge in [-0.1, -0.05) is 0 Å². The van der Waals surface area contributed by atoms with E-state index in [9.17, 15) is 18.0 Å². The second-order valence-corrected chi connectivity index (χ2v) is 12.6. The minimum Gasteiger partial charge on any atom is -0.426 e. The summed E-state index contributed by atoms with van der Waals surface area (Å²) in [6.45, 7) is 9.90. The molecule has 38 heavy (non-hydrogen) atoms. The van der Waals surface area contributed by atoms with Crippen LogP contribution in [0.4, 0.5) is 0 Å². The molecule has 0 aromatic heterocycles. The van der Waals surface area contributed by atoms with Crippen LogP contribution in [0.3, 0.4) is 0 Å². The number of carbonyl (C=O) groups excluding carboxylic acids is 2. The first kappa shape index (κ1) is 28.9. The molecule has 7 atom stereocenters. The molecule has 1 N–H and O–H groups in total. The zero-order valence-corrected chi connectivity index (χ0v) is 23.3. The van der Waals surface area contributed by atoms with Gasteiger partial charge in [0, 0.05) is 7.11 Å². The minimum atomic E-state index is -4.24. The molecule has 3 saturated heterocycles. The Labute approximate surface area is 222 Å². The molecular weight excluding hydrogens is 522 g/mol. The highest BCUT2D eigenvalue weighted by Gasteiger charge is 2.58. The van der Waals surface area contributed by atoms with Crippen molar-refractivity contribution in [3.05, 3.63) is 24.3 Å². The van der Waals surface area contributed by atoms with Crippen LogP contribution >= 0.6 is 0 Å². The van der Waals surface area contributed by atoms with E-state index in [4.69, 9.17) is 32.6 Å². The predicted molar refractivity (Wildman–Crippen MR) is 130 cm³/mol. The van der Waals surface area contributed by atoms with Gasteiger partial charge in [0.1, 0.15) is 36.4 Å². The van der Waals surface area contributed by atoms with Crippen LogP contribution in [0.15, 0.2) is 29.2 Å². The average molecular weight is 558 g/mol. The summed E-state index contributed by atoms with van der Waals surface area (Å²) in [6.07, 6.45) is -4.41. The largest absolute Gasteiger partial charge is 0.426 e. The van der Waals surface area contributed by atoms with Crippen molar-refractivity contribution in [1.29, 1.82) is 0 Å². The Hall–Kier alpha value is -2.13. The van der Waals surface area contributed by atoms with Gasteiger partial charge in [-0.2, -0.15) is 8.42 Å². The van der Waals surface area contributed by atoms with Gasteiger partial charge in [0.2, 0.25) is 5.91 Å². The van der Waals surface area contributed by atoms with Crippen LogP contribution in [-0.2, 0) is 47.6 Å².